The molecule has 180 valence electrons. The Balaban J connectivity index is 1.57. The first-order chi connectivity index (χ1) is 17.0. The summed E-state index contributed by atoms with van der Waals surface area (Å²) in [7, 11) is 0. The number of thiophene rings is 2. The predicted molar refractivity (Wildman–Crippen MR) is 144 cm³/mol. The van der Waals surface area contributed by atoms with Crippen LogP contribution >= 0.6 is 22.7 Å². The van der Waals surface area contributed by atoms with E-state index >= 15 is 0 Å². The van der Waals surface area contributed by atoms with Gasteiger partial charge in [-0.05, 0) is 68.4 Å². The van der Waals surface area contributed by atoms with Crippen molar-refractivity contribution in [1.29, 1.82) is 0 Å². The lowest BCUT2D eigenvalue weighted by Gasteiger charge is -2.18. The predicted octanol–water partition coefficient (Wildman–Crippen LogP) is 7.14. The van der Waals surface area contributed by atoms with Gasteiger partial charge in [-0.1, -0.05) is 32.0 Å². The van der Waals surface area contributed by atoms with Gasteiger partial charge in [0.1, 0.15) is 5.00 Å². The largest absolute Gasteiger partial charge is 0.462 e. The van der Waals surface area contributed by atoms with E-state index in [1.165, 1.54) is 21.1 Å². The minimum Gasteiger partial charge on any atom is -0.462 e. The molecule has 3 heterocycles. The monoisotopic (exact) mass is 504 g/mol. The molecular formula is C28H28N2O3S2. The standard InChI is InChI=1S/C28H28N2O3S2/c1-4-17-11-13-23(34-17)22-15-20(18-8-6-7-9-21(18)29-22)26(31)30-27-25(28(32)33-5-2)19-12-10-16(3)14-24(19)35-27/h6-9,11,13,15-16H,4-5,10,12,14H2,1-3H3,(H,30,31)/t16-/m1/s1. The van der Waals surface area contributed by atoms with E-state index in [9.17, 15) is 9.59 Å². The van der Waals surface area contributed by atoms with E-state index in [-0.39, 0.29) is 11.9 Å². The van der Waals surface area contributed by atoms with Crippen LogP contribution in [0.15, 0.2) is 42.5 Å². The van der Waals surface area contributed by atoms with Gasteiger partial charge < -0.3 is 10.1 Å². The second-order valence-electron chi connectivity index (χ2n) is 8.92. The number of carbonyl (C=O) groups is 2. The molecule has 7 heteroatoms. The van der Waals surface area contributed by atoms with Gasteiger partial charge >= 0.3 is 5.97 Å². The normalized spacial score (nSPS) is 15.1. The Bertz CT molecular complexity index is 1420. The number of hydrogen-bond donors (Lipinski definition) is 1. The number of rotatable bonds is 6. The molecule has 0 bridgehead atoms. The fourth-order valence-corrected chi connectivity index (χ4v) is 6.93. The van der Waals surface area contributed by atoms with E-state index < -0.39 is 0 Å². The number of carbonyl (C=O) groups excluding carboxylic acids is 2. The lowest BCUT2D eigenvalue weighted by Crippen LogP contribution is -2.17. The summed E-state index contributed by atoms with van der Waals surface area (Å²) < 4.78 is 5.38. The number of amides is 1. The van der Waals surface area contributed by atoms with Crippen LogP contribution in [0.3, 0.4) is 0 Å². The molecule has 5 rings (SSSR count). The third-order valence-electron chi connectivity index (χ3n) is 6.44. The quantitative estimate of drug-likeness (QED) is 0.283. The van der Waals surface area contributed by atoms with E-state index in [4.69, 9.17) is 9.72 Å². The van der Waals surface area contributed by atoms with Crippen LogP contribution in [0.4, 0.5) is 5.00 Å². The third-order valence-corrected chi connectivity index (χ3v) is 8.86. The van der Waals surface area contributed by atoms with Crippen LogP contribution in [0, 0.1) is 5.92 Å². The Hall–Kier alpha value is -3.03. The van der Waals surface area contributed by atoms with E-state index in [0.717, 1.165) is 52.7 Å². The van der Waals surface area contributed by atoms with Gasteiger partial charge in [-0.3, -0.25) is 4.79 Å². The van der Waals surface area contributed by atoms with Gasteiger partial charge in [0.25, 0.3) is 5.91 Å². The van der Waals surface area contributed by atoms with Crippen LogP contribution in [0.2, 0.25) is 0 Å². The minimum atomic E-state index is -0.360. The number of benzene rings is 1. The van der Waals surface area contributed by atoms with Crippen molar-refractivity contribution in [3.05, 3.63) is 68.9 Å². The first-order valence-electron chi connectivity index (χ1n) is 12.1. The molecule has 1 N–H and O–H groups in total. The average molecular weight is 505 g/mol. The second kappa shape index (κ2) is 9.91. The van der Waals surface area contributed by atoms with Gasteiger partial charge in [-0.2, -0.15) is 0 Å². The van der Waals surface area contributed by atoms with Crippen molar-refractivity contribution >= 4 is 50.5 Å². The smallest absolute Gasteiger partial charge is 0.341 e. The topological polar surface area (TPSA) is 68.3 Å². The summed E-state index contributed by atoms with van der Waals surface area (Å²) in [6.45, 7) is 6.46. The van der Waals surface area contributed by atoms with Crippen LogP contribution in [0.25, 0.3) is 21.5 Å². The minimum absolute atomic E-state index is 0.241. The van der Waals surface area contributed by atoms with Crippen molar-refractivity contribution in [1.82, 2.24) is 4.98 Å². The van der Waals surface area contributed by atoms with E-state index in [0.29, 0.717) is 28.7 Å². The lowest BCUT2D eigenvalue weighted by molar-refractivity contribution is 0.0526. The molecule has 1 atom stereocenters. The van der Waals surface area contributed by atoms with Crippen molar-refractivity contribution < 1.29 is 14.3 Å². The van der Waals surface area contributed by atoms with Gasteiger partial charge in [0.2, 0.25) is 0 Å². The molecule has 1 aliphatic carbocycles. The summed E-state index contributed by atoms with van der Waals surface area (Å²) in [5.41, 5.74) is 3.66. The molecule has 1 aromatic carbocycles. The van der Waals surface area contributed by atoms with Crippen LogP contribution in [0.5, 0.6) is 0 Å². The number of para-hydroxylation sites is 1. The number of pyridine rings is 1. The molecule has 0 spiro atoms. The molecule has 1 amide bonds. The maximum atomic E-state index is 13.7. The van der Waals surface area contributed by atoms with Gasteiger partial charge in [0.15, 0.2) is 0 Å². The number of fused-ring (bicyclic) bond motifs is 2. The van der Waals surface area contributed by atoms with Crippen LogP contribution < -0.4 is 5.32 Å². The van der Waals surface area contributed by atoms with Crippen molar-refractivity contribution in [3.63, 3.8) is 0 Å². The zero-order chi connectivity index (χ0) is 24.5. The van der Waals surface area contributed by atoms with Crippen molar-refractivity contribution in [2.75, 3.05) is 11.9 Å². The fourth-order valence-electron chi connectivity index (χ4n) is 4.62. The first-order valence-corrected chi connectivity index (χ1v) is 13.7. The number of nitrogens with one attached hydrogen (secondary N) is 1. The molecule has 0 fully saturated rings. The summed E-state index contributed by atoms with van der Waals surface area (Å²) in [5.74, 6) is -0.0413. The first kappa shape index (κ1) is 23.7. The number of anilines is 1. The molecule has 0 radical (unpaired) electrons. The van der Waals surface area contributed by atoms with Crippen LogP contribution in [0.1, 0.15) is 63.2 Å². The van der Waals surface area contributed by atoms with E-state index in [2.05, 4.69) is 31.3 Å². The highest BCUT2D eigenvalue weighted by molar-refractivity contribution is 7.17. The Morgan fingerprint density at radius 2 is 1.97 bits per heavy atom. The number of aryl methyl sites for hydroxylation is 1. The Labute approximate surface area is 213 Å². The molecule has 5 nitrogen and oxygen atoms in total. The molecule has 0 unspecified atom stereocenters. The third kappa shape index (κ3) is 4.62. The van der Waals surface area contributed by atoms with Gasteiger partial charge in [-0.15, -0.1) is 22.7 Å². The maximum absolute atomic E-state index is 13.7. The number of hydrogen-bond acceptors (Lipinski definition) is 6. The molecular weight excluding hydrogens is 476 g/mol. The number of aromatic nitrogens is 1. The molecule has 0 saturated carbocycles. The summed E-state index contributed by atoms with van der Waals surface area (Å²) in [5, 5.41) is 4.45. The maximum Gasteiger partial charge on any atom is 0.341 e. The highest BCUT2D eigenvalue weighted by Gasteiger charge is 2.29. The van der Waals surface area contributed by atoms with Crippen LogP contribution in [-0.2, 0) is 24.0 Å². The second-order valence-corrected chi connectivity index (χ2v) is 11.2. The highest BCUT2D eigenvalue weighted by Crippen LogP contribution is 2.40. The Morgan fingerprint density at radius 1 is 1.14 bits per heavy atom. The average Bonchev–Trinajstić information content (AvgIpc) is 3.47. The Kier molecular flexibility index (Phi) is 6.71. The van der Waals surface area contributed by atoms with E-state index in [1.807, 2.05) is 30.3 Å². The number of nitrogens with zero attached hydrogens (tertiary/aromatic N) is 1. The van der Waals surface area contributed by atoms with E-state index in [1.54, 1.807) is 18.3 Å². The summed E-state index contributed by atoms with van der Waals surface area (Å²) in [4.78, 5) is 34.9. The lowest BCUT2D eigenvalue weighted by atomic mass is 9.88. The van der Waals surface area contributed by atoms with Gasteiger partial charge in [0, 0.05) is 15.1 Å². The number of esters is 1. The summed E-state index contributed by atoms with van der Waals surface area (Å²) in [6, 6.07) is 13.7. The molecule has 4 aromatic rings. The van der Waals surface area contributed by atoms with Crippen molar-refractivity contribution in [2.45, 2.75) is 46.5 Å². The van der Waals surface area contributed by atoms with Gasteiger partial charge in [-0.25, -0.2) is 9.78 Å². The molecule has 0 saturated heterocycles. The van der Waals surface area contributed by atoms with Crippen LogP contribution in [-0.4, -0.2) is 23.5 Å². The zero-order valence-corrected chi connectivity index (χ0v) is 21.8. The highest BCUT2D eigenvalue weighted by atomic mass is 32.1. The van der Waals surface area contributed by atoms with Gasteiger partial charge in [0.05, 0.1) is 33.8 Å². The fraction of sp³-hybridized carbons (Fsp3) is 0.321. The Morgan fingerprint density at radius 3 is 2.74 bits per heavy atom. The summed E-state index contributed by atoms with van der Waals surface area (Å²) in [6.07, 6.45) is 3.74. The molecule has 35 heavy (non-hydrogen) atoms. The molecule has 1 aliphatic rings. The molecule has 0 aliphatic heterocycles. The van der Waals surface area contributed by atoms with Crippen molar-refractivity contribution in [2.24, 2.45) is 5.92 Å². The zero-order valence-electron chi connectivity index (χ0n) is 20.1. The number of ether oxygens (including phenoxy) is 1. The summed E-state index contributed by atoms with van der Waals surface area (Å²) >= 11 is 3.20. The molecule has 3 aromatic heterocycles. The van der Waals surface area contributed by atoms with Crippen molar-refractivity contribution in [3.8, 4) is 10.6 Å². The SMILES string of the molecule is CCOC(=O)c1c(NC(=O)c2cc(-c3ccc(CC)s3)nc3ccccc23)sc2c1CC[C@@H](C)C2.